The van der Waals surface area contributed by atoms with Crippen molar-refractivity contribution in [2.75, 3.05) is 43.6 Å². The quantitative estimate of drug-likeness (QED) is 0.477. The van der Waals surface area contributed by atoms with E-state index in [1.807, 2.05) is 12.1 Å². The summed E-state index contributed by atoms with van der Waals surface area (Å²) in [5.74, 6) is 0.691. The van der Waals surface area contributed by atoms with Gasteiger partial charge < -0.3 is 19.1 Å². The van der Waals surface area contributed by atoms with Crippen molar-refractivity contribution in [3.05, 3.63) is 58.1 Å². The first kappa shape index (κ1) is 27.5. The van der Waals surface area contributed by atoms with Crippen LogP contribution in [0.15, 0.2) is 36.4 Å². The normalized spacial score (nSPS) is 32.9. The molecule has 2 aromatic carbocycles. The number of carbonyl (C=O) groups is 1. The van der Waals surface area contributed by atoms with Crippen LogP contribution in [0.4, 0.5) is 5.69 Å². The summed E-state index contributed by atoms with van der Waals surface area (Å²) >= 11 is 6.40. The smallest absolute Gasteiger partial charge is 0.264 e. The summed E-state index contributed by atoms with van der Waals surface area (Å²) in [6.07, 6.45) is 6.89. The number of hydrogen-bond acceptors (Lipinski definition) is 7. The van der Waals surface area contributed by atoms with Gasteiger partial charge in [-0.1, -0.05) is 17.7 Å². The van der Waals surface area contributed by atoms with Crippen molar-refractivity contribution >= 4 is 33.2 Å². The lowest BCUT2D eigenvalue weighted by Gasteiger charge is -2.47. The van der Waals surface area contributed by atoms with E-state index in [4.69, 9.17) is 25.8 Å². The summed E-state index contributed by atoms with van der Waals surface area (Å²) in [5.41, 5.74) is 3.49. The van der Waals surface area contributed by atoms with Crippen LogP contribution in [0.5, 0.6) is 5.75 Å². The van der Waals surface area contributed by atoms with Crippen LogP contribution in [0.1, 0.15) is 60.0 Å². The third-order valence-corrected chi connectivity index (χ3v) is 11.4. The Morgan fingerprint density at radius 1 is 1.05 bits per heavy atom. The molecule has 1 N–H and O–H groups in total. The fraction of sp³-hybridized carbons (Fsp3) is 0.581. The largest absolute Gasteiger partial charge is 0.490 e. The van der Waals surface area contributed by atoms with E-state index in [0.29, 0.717) is 30.6 Å². The van der Waals surface area contributed by atoms with Crippen LogP contribution in [0.25, 0.3) is 0 Å². The van der Waals surface area contributed by atoms with E-state index >= 15 is 0 Å². The zero-order valence-corrected chi connectivity index (χ0v) is 24.7. The lowest BCUT2D eigenvalue weighted by molar-refractivity contribution is -0.115. The van der Waals surface area contributed by atoms with Gasteiger partial charge in [-0.2, -0.15) is 0 Å². The van der Waals surface area contributed by atoms with Crippen molar-refractivity contribution in [3.8, 4) is 5.75 Å². The highest BCUT2D eigenvalue weighted by Crippen LogP contribution is 2.47. The Morgan fingerprint density at radius 3 is 2.80 bits per heavy atom. The molecule has 8 nitrogen and oxygen atoms in total. The van der Waals surface area contributed by atoms with Gasteiger partial charge >= 0.3 is 0 Å². The standard InChI is InChI=1S/C31H37ClN2O6S/c32-23-5-7-26-20(14-23)2-1-10-31(26)18-34-17-22-3-6-25(22)29-16-24(9-11-39-29)38-12-13-41(36,37)33-30(35)21-4-8-28(40-19-31)27(34)15-21/h4-5,7-8,14-15,22,24-25,29H,1-3,6,9-13,16-19H2,(H,33,35)/t22-,24+,25+,29-,31-/m0/s1. The van der Waals surface area contributed by atoms with Crippen molar-refractivity contribution in [2.45, 2.75) is 62.6 Å². The van der Waals surface area contributed by atoms with Crippen LogP contribution in [-0.4, -0.2) is 65.2 Å². The Labute approximate surface area is 246 Å². The maximum atomic E-state index is 13.2. The van der Waals surface area contributed by atoms with Gasteiger partial charge in [-0.05, 0) is 91.8 Å². The average molecular weight is 601 g/mol. The number of amides is 1. The molecule has 5 atom stereocenters. The number of fused-ring (bicyclic) bond motifs is 7. The summed E-state index contributed by atoms with van der Waals surface area (Å²) in [5, 5.41) is 0.751. The van der Waals surface area contributed by atoms with Crippen LogP contribution < -0.4 is 14.4 Å². The first-order valence-electron chi connectivity index (χ1n) is 14.9. The number of halogens is 1. The van der Waals surface area contributed by atoms with E-state index in [0.717, 1.165) is 74.5 Å². The fourth-order valence-electron chi connectivity index (χ4n) is 7.67. The lowest BCUT2D eigenvalue weighted by Crippen LogP contribution is -2.51. The Balaban J connectivity index is 1.28. The number of nitrogens with one attached hydrogen (secondary N) is 1. The monoisotopic (exact) mass is 600 g/mol. The first-order chi connectivity index (χ1) is 19.8. The maximum Gasteiger partial charge on any atom is 0.264 e. The number of sulfonamides is 1. The van der Waals surface area contributed by atoms with Gasteiger partial charge in [-0.15, -0.1) is 0 Å². The maximum absolute atomic E-state index is 13.2. The van der Waals surface area contributed by atoms with Crippen molar-refractivity contribution in [1.29, 1.82) is 0 Å². The Kier molecular flexibility index (Phi) is 7.20. The molecule has 5 aliphatic rings. The van der Waals surface area contributed by atoms with Crippen LogP contribution in [0.2, 0.25) is 5.02 Å². The lowest BCUT2D eigenvalue weighted by atomic mass is 9.67. The molecule has 4 bridgehead atoms. The molecule has 1 spiro atoms. The third kappa shape index (κ3) is 5.35. The number of benzene rings is 2. The third-order valence-electron chi connectivity index (χ3n) is 9.93. The van der Waals surface area contributed by atoms with Crippen LogP contribution in [0, 0.1) is 11.8 Å². The van der Waals surface area contributed by atoms with E-state index in [9.17, 15) is 13.2 Å². The zero-order valence-electron chi connectivity index (χ0n) is 23.1. The molecule has 1 saturated heterocycles. The minimum Gasteiger partial charge on any atom is -0.490 e. The number of nitrogens with zero attached hydrogens (tertiary/aromatic N) is 1. The van der Waals surface area contributed by atoms with E-state index in [1.165, 1.54) is 11.1 Å². The molecule has 1 amide bonds. The van der Waals surface area contributed by atoms with E-state index < -0.39 is 15.9 Å². The predicted octanol–water partition coefficient (Wildman–Crippen LogP) is 4.48. The minimum absolute atomic E-state index is 0.0337. The topological polar surface area (TPSA) is 94.2 Å². The van der Waals surface area contributed by atoms with E-state index in [-0.39, 0.29) is 30.0 Å². The Bertz CT molecular complexity index is 1450. The van der Waals surface area contributed by atoms with Gasteiger partial charge in [0.2, 0.25) is 10.0 Å². The van der Waals surface area contributed by atoms with Gasteiger partial charge in [0.1, 0.15) is 5.75 Å². The summed E-state index contributed by atoms with van der Waals surface area (Å²) < 4.78 is 46.6. The van der Waals surface area contributed by atoms with Crippen LogP contribution >= 0.6 is 11.6 Å². The molecule has 41 heavy (non-hydrogen) atoms. The van der Waals surface area contributed by atoms with E-state index in [2.05, 4.69) is 21.8 Å². The molecule has 7 rings (SSSR count). The highest BCUT2D eigenvalue weighted by molar-refractivity contribution is 7.90. The summed E-state index contributed by atoms with van der Waals surface area (Å²) in [6, 6.07) is 11.5. The number of ether oxygens (including phenoxy) is 3. The van der Waals surface area contributed by atoms with Crippen molar-refractivity contribution < 1.29 is 27.4 Å². The first-order valence-corrected chi connectivity index (χ1v) is 16.9. The molecule has 2 aromatic rings. The number of anilines is 1. The molecular weight excluding hydrogens is 564 g/mol. The summed E-state index contributed by atoms with van der Waals surface area (Å²) in [6.45, 7) is 2.77. The van der Waals surface area contributed by atoms with Gasteiger partial charge in [0, 0.05) is 42.1 Å². The second-order valence-corrected chi connectivity index (χ2v) is 14.7. The van der Waals surface area contributed by atoms with Gasteiger partial charge in [0.25, 0.3) is 5.91 Å². The molecule has 1 saturated carbocycles. The molecule has 0 unspecified atom stereocenters. The van der Waals surface area contributed by atoms with Crippen LogP contribution in [0.3, 0.4) is 0 Å². The number of aryl methyl sites for hydroxylation is 1. The molecule has 3 heterocycles. The number of rotatable bonds is 0. The average Bonchev–Trinajstić information content (AvgIpc) is 3.07. The van der Waals surface area contributed by atoms with Gasteiger partial charge in [0.15, 0.2) is 0 Å². The van der Waals surface area contributed by atoms with Gasteiger partial charge in [-0.3, -0.25) is 4.79 Å². The molecule has 3 aliphatic heterocycles. The molecule has 2 aliphatic carbocycles. The highest BCUT2D eigenvalue weighted by atomic mass is 35.5. The van der Waals surface area contributed by atoms with Crippen molar-refractivity contribution in [1.82, 2.24) is 4.72 Å². The molecule has 0 radical (unpaired) electrons. The van der Waals surface area contributed by atoms with Crippen molar-refractivity contribution in [2.24, 2.45) is 11.8 Å². The molecule has 10 heteroatoms. The molecular formula is C31H37ClN2O6S. The van der Waals surface area contributed by atoms with E-state index in [1.54, 1.807) is 12.1 Å². The highest BCUT2D eigenvalue weighted by Gasteiger charge is 2.45. The van der Waals surface area contributed by atoms with Crippen LogP contribution in [-0.2, 0) is 31.3 Å². The number of carbonyl (C=O) groups excluding carboxylic acids is 1. The molecule has 220 valence electrons. The summed E-state index contributed by atoms with van der Waals surface area (Å²) in [4.78, 5) is 15.6. The SMILES string of the molecule is O=C1NS(=O)(=O)CCO[C@@H]2CCO[C@@H](C2)[C@@H]2CC[C@H]2CN2C[C@@]3(CCCc4cc(Cl)ccc43)COc3ccc1cc32. The van der Waals surface area contributed by atoms with Gasteiger partial charge in [0.05, 0.1) is 36.9 Å². The predicted molar refractivity (Wildman–Crippen MR) is 156 cm³/mol. The fourth-order valence-corrected chi connectivity index (χ4v) is 8.68. The summed E-state index contributed by atoms with van der Waals surface area (Å²) in [7, 11) is -3.86. The minimum atomic E-state index is -3.86. The number of hydrogen-bond donors (Lipinski definition) is 1. The molecule has 2 fully saturated rings. The van der Waals surface area contributed by atoms with Crippen molar-refractivity contribution in [3.63, 3.8) is 0 Å². The van der Waals surface area contributed by atoms with Gasteiger partial charge in [-0.25, -0.2) is 13.1 Å². The molecule has 0 aromatic heterocycles. The second-order valence-electron chi connectivity index (χ2n) is 12.5. The Morgan fingerprint density at radius 2 is 1.95 bits per heavy atom. The zero-order chi connectivity index (χ0) is 28.2. The second kappa shape index (κ2) is 10.7. The Hall–Kier alpha value is -2.33.